The summed E-state index contributed by atoms with van der Waals surface area (Å²) in [6.45, 7) is 7.89. The lowest BCUT2D eigenvalue weighted by Crippen LogP contribution is -2.41. The molecule has 0 aliphatic carbocycles. The van der Waals surface area contributed by atoms with Gasteiger partial charge in [-0.2, -0.15) is 0 Å². The Morgan fingerprint density at radius 3 is 2.59 bits per heavy atom. The topological polar surface area (TPSA) is 75.1 Å². The Balaban J connectivity index is 1.93. The highest BCUT2D eigenvalue weighted by Gasteiger charge is 2.08. The molecule has 146 valence electrons. The van der Waals surface area contributed by atoms with E-state index in [1.165, 1.54) is 7.11 Å². The molecule has 0 aliphatic heterocycles. The van der Waals surface area contributed by atoms with Crippen LogP contribution in [0.4, 0.5) is 0 Å². The molecule has 0 fully saturated rings. The molecule has 0 bridgehead atoms. The molecule has 6 heteroatoms. The summed E-state index contributed by atoms with van der Waals surface area (Å²) in [6.07, 6.45) is -0.0139. The maximum absolute atomic E-state index is 9.88. The van der Waals surface area contributed by atoms with Crippen LogP contribution in [0.5, 0.6) is 17.2 Å². The van der Waals surface area contributed by atoms with E-state index in [2.05, 4.69) is 15.6 Å². The second-order valence-electron chi connectivity index (χ2n) is 6.28. The number of hydrogen-bond donors (Lipinski definition) is 3. The smallest absolute Gasteiger partial charge is 0.191 e. The zero-order chi connectivity index (χ0) is 19.6. The molecule has 1 atom stereocenters. The van der Waals surface area contributed by atoms with Gasteiger partial charge in [0.2, 0.25) is 0 Å². The fourth-order valence-corrected chi connectivity index (χ4v) is 2.53. The SMILES string of the molecule is CCNC(=NCc1ccc(OC)c(O)c1)NCC(C)Oc1ccccc1C. The second-order valence-corrected chi connectivity index (χ2v) is 6.28. The highest BCUT2D eigenvalue weighted by Crippen LogP contribution is 2.26. The van der Waals surface area contributed by atoms with Crippen LogP contribution in [0.2, 0.25) is 0 Å². The number of nitrogens with one attached hydrogen (secondary N) is 2. The number of benzene rings is 2. The number of guanidine groups is 1. The molecule has 2 aromatic rings. The fourth-order valence-electron chi connectivity index (χ4n) is 2.53. The standard InChI is InChI=1S/C21H29N3O3/c1-5-22-21(24-14-17-10-11-20(26-4)18(25)12-17)23-13-16(3)27-19-9-7-6-8-15(19)2/h6-12,16,25H,5,13-14H2,1-4H3,(H2,22,23,24). The molecule has 0 saturated heterocycles. The fraction of sp³-hybridized carbons (Fsp3) is 0.381. The van der Waals surface area contributed by atoms with Crippen molar-refractivity contribution in [3.8, 4) is 17.2 Å². The van der Waals surface area contributed by atoms with Crippen molar-refractivity contribution in [3.05, 3.63) is 53.6 Å². The molecule has 0 aromatic heterocycles. The second kappa shape index (κ2) is 10.3. The van der Waals surface area contributed by atoms with E-state index in [4.69, 9.17) is 9.47 Å². The van der Waals surface area contributed by atoms with E-state index >= 15 is 0 Å². The van der Waals surface area contributed by atoms with Crippen molar-refractivity contribution in [3.63, 3.8) is 0 Å². The molecule has 0 heterocycles. The number of nitrogens with zero attached hydrogens (tertiary/aromatic N) is 1. The molecule has 0 saturated carbocycles. The van der Waals surface area contributed by atoms with Crippen LogP contribution in [0.15, 0.2) is 47.5 Å². The Morgan fingerprint density at radius 2 is 1.93 bits per heavy atom. The van der Waals surface area contributed by atoms with E-state index in [0.29, 0.717) is 24.8 Å². The third-order valence-electron chi connectivity index (χ3n) is 3.99. The number of phenolic OH excluding ortho intramolecular Hbond substituents is 1. The molecule has 0 amide bonds. The molecule has 1 unspecified atom stereocenters. The molecule has 0 aliphatic rings. The molecule has 6 nitrogen and oxygen atoms in total. The molecule has 0 radical (unpaired) electrons. The third-order valence-corrected chi connectivity index (χ3v) is 3.99. The number of aromatic hydroxyl groups is 1. The van der Waals surface area contributed by atoms with Gasteiger partial charge < -0.3 is 25.2 Å². The number of hydrogen-bond acceptors (Lipinski definition) is 4. The minimum atomic E-state index is -0.0139. The summed E-state index contributed by atoms with van der Waals surface area (Å²) in [7, 11) is 1.53. The lowest BCUT2D eigenvalue weighted by Gasteiger charge is -2.18. The summed E-state index contributed by atoms with van der Waals surface area (Å²) in [5.41, 5.74) is 2.01. The van der Waals surface area contributed by atoms with Gasteiger partial charge in [0.05, 0.1) is 20.2 Å². The van der Waals surface area contributed by atoms with Crippen LogP contribution >= 0.6 is 0 Å². The van der Waals surface area contributed by atoms with Crippen LogP contribution in [0.1, 0.15) is 25.0 Å². The van der Waals surface area contributed by atoms with Crippen LogP contribution in [-0.4, -0.2) is 37.4 Å². The summed E-state index contributed by atoms with van der Waals surface area (Å²) in [4.78, 5) is 4.56. The number of para-hydroxylation sites is 1. The minimum Gasteiger partial charge on any atom is -0.504 e. The minimum absolute atomic E-state index is 0.0139. The van der Waals surface area contributed by atoms with Crippen LogP contribution in [0.3, 0.4) is 0 Å². The van der Waals surface area contributed by atoms with Gasteiger partial charge in [-0.15, -0.1) is 0 Å². The van der Waals surface area contributed by atoms with Crippen molar-refractivity contribution in [2.75, 3.05) is 20.2 Å². The summed E-state index contributed by atoms with van der Waals surface area (Å²) < 4.78 is 11.0. The molecule has 2 rings (SSSR count). The van der Waals surface area contributed by atoms with Gasteiger partial charge in [-0.1, -0.05) is 24.3 Å². The van der Waals surface area contributed by atoms with E-state index in [-0.39, 0.29) is 11.9 Å². The lowest BCUT2D eigenvalue weighted by atomic mass is 10.2. The first-order valence-corrected chi connectivity index (χ1v) is 9.13. The lowest BCUT2D eigenvalue weighted by molar-refractivity contribution is 0.222. The molecule has 2 aromatic carbocycles. The van der Waals surface area contributed by atoms with Crippen molar-refractivity contribution in [2.24, 2.45) is 4.99 Å². The summed E-state index contributed by atoms with van der Waals surface area (Å²) in [5.74, 6) is 2.16. The Hall–Kier alpha value is -2.89. The van der Waals surface area contributed by atoms with Gasteiger partial charge in [-0.05, 0) is 50.1 Å². The van der Waals surface area contributed by atoms with Gasteiger partial charge in [-0.3, -0.25) is 0 Å². The van der Waals surface area contributed by atoms with Crippen LogP contribution in [0.25, 0.3) is 0 Å². The van der Waals surface area contributed by atoms with Crippen molar-refractivity contribution < 1.29 is 14.6 Å². The van der Waals surface area contributed by atoms with Crippen molar-refractivity contribution in [1.82, 2.24) is 10.6 Å². The molecule has 3 N–H and O–H groups in total. The highest BCUT2D eigenvalue weighted by molar-refractivity contribution is 5.79. The van der Waals surface area contributed by atoms with Crippen molar-refractivity contribution >= 4 is 5.96 Å². The first kappa shape index (κ1) is 20.4. The maximum atomic E-state index is 9.88. The largest absolute Gasteiger partial charge is 0.504 e. The predicted molar refractivity (Wildman–Crippen MR) is 109 cm³/mol. The van der Waals surface area contributed by atoms with Crippen molar-refractivity contribution in [2.45, 2.75) is 33.4 Å². The third kappa shape index (κ3) is 6.40. The van der Waals surface area contributed by atoms with E-state index < -0.39 is 0 Å². The Bertz CT molecular complexity index is 762. The number of aliphatic imine (C=N–C) groups is 1. The quantitative estimate of drug-likeness (QED) is 0.491. The monoisotopic (exact) mass is 371 g/mol. The van der Waals surface area contributed by atoms with Gasteiger partial charge >= 0.3 is 0 Å². The first-order valence-electron chi connectivity index (χ1n) is 9.13. The van der Waals surface area contributed by atoms with Gasteiger partial charge in [0.15, 0.2) is 17.5 Å². The highest BCUT2D eigenvalue weighted by atomic mass is 16.5. The number of methoxy groups -OCH3 is 1. The van der Waals surface area contributed by atoms with Gasteiger partial charge in [0.1, 0.15) is 11.9 Å². The zero-order valence-corrected chi connectivity index (χ0v) is 16.5. The number of ether oxygens (including phenoxy) is 2. The molecule has 0 spiro atoms. The van der Waals surface area contributed by atoms with Crippen LogP contribution in [0, 0.1) is 6.92 Å². The average Bonchev–Trinajstić information content (AvgIpc) is 2.66. The van der Waals surface area contributed by atoms with Crippen molar-refractivity contribution in [1.29, 1.82) is 0 Å². The van der Waals surface area contributed by atoms with E-state index in [1.807, 2.05) is 51.1 Å². The zero-order valence-electron chi connectivity index (χ0n) is 16.5. The van der Waals surface area contributed by atoms with Gasteiger partial charge in [0, 0.05) is 6.54 Å². The van der Waals surface area contributed by atoms with E-state index in [0.717, 1.165) is 23.4 Å². The van der Waals surface area contributed by atoms with Gasteiger partial charge in [0.25, 0.3) is 0 Å². The maximum Gasteiger partial charge on any atom is 0.191 e. The first-order chi connectivity index (χ1) is 13.0. The summed E-state index contributed by atoms with van der Waals surface area (Å²) >= 11 is 0. The Kier molecular flexibility index (Phi) is 7.79. The number of rotatable bonds is 8. The molecular formula is C21H29N3O3. The van der Waals surface area contributed by atoms with Gasteiger partial charge in [-0.25, -0.2) is 4.99 Å². The normalized spacial score (nSPS) is 12.4. The average molecular weight is 371 g/mol. The Morgan fingerprint density at radius 1 is 1.15 bits per heavy atom. The van der Waals surface area contributed by atoms with Crippen LogP contribution < -0.4 is 20.1 Å². The van der Waals surface area contributed by atoms with Crippen LogP contribution in [-0.2, 0) is 6.54 Å². The number of phenols is 1. The van der Waals surface area contributed by atoms with E-state index in [1.54, 1.807) is 12.1 Å². The predicted octanol–water partition coefficient (Wildman–Crippen LogP) is 3.23. The summed E-state index contributed by atoms with van der Waals surface area (Å²) in [5, 5.41) is 16.4. The summed E-state index contributed by atoms with van der Waals surface area (Å²) in [6, 6.07) is 13.3. The Labute approximate surface area is 161 Å². The number of aryl methyl sites for hydroxylation is 1. The molecular weight excluding hydrogens is 342 g/mol. The molecule has 27 heavy (non-hydrogen) atoms. The van der Waals surface area contributed by atoms with E-state index in [9.17, 15) is 5.11 Å².